The predicted octanol–water partition coefficient (Wildman–Crippen LogP) is 4.67. The molecule has 5 fully saturated rings. The van der Waals surface area contributed by atoms with Gasteiger partial charge in [0.25, 0.3) is 0 Å². The average Bonchev–Trinajstić information content (AvgIpc) is 3.46. The molecule has 0 radical (unpaired) electrons. The molecule has 0 aromatic carbocycles. The molecular weight excluding hydrogens is 386 g/mol. The maximum Gasteiger partial charge on any atom is 0.220 e. The second-order valence-electron chi connectivity index (χ2n) is 12.8. The lowest BCUT2D eigenvalue weighted by Crippen LogP contribution is -2.58. The van der Waals surface area contributed by atoms with Gasteiger partial charge in [0.1, 0.15) is 0 Å². The number of aliphatic hydroxyl groups is 2. The third-order valence-corrected chi connectivity index (χ3v) is 11.2. The summed E-state index contributed by atoms with van der Waals surface area (Å²) in [6.45, 7) is 7.40. The first-order chi connectivity index (χ1) is 14.7. The number of hydrogen-bond donors (Lipinski definition) is 3. The van der Waals surface area contributed by atoms with Crippen molar-refractivity contribution in [3.05, 3.63) is 0 Å². The highest BCUT2D eigenvalue weighted by molar-refractivity contribution is 5.76. The molecule has 5 saturated carbocycles. The number of nitrogens with one attached hydrogen (secondary N) is 1. The SMILES string of the molecule is CC(CCC(=O)NC1CC1)C1CCC2C3C(CC[C@]12C)[C@@]1(C)CC[C@@H](O)C[C@H]1C[C@@H]3O. The minimum Gasteiger partial charge on any atom is -0.393 e. The standard InChI is InChI=1S/C27H45NO3/c1-16(4-9-24(31)28-18-5-6-18)20-7-8-21-25-22(11-13-27(20,21)3)26(2)12-10-19(29)14-17(26)15-23(25)30/h16-23,25,29-30H,4-15H2,1-3H3,(H,28,31)/t16?,17-,19+,20?,21?,22?,23-,25?,26-,27+/m0/s1. The number of aliphatic hydroxyl groups excluding tert-OH is 2. The Morgan fingerprint density at radius 2 is 1.68 bits per heavy atom. The van der Waals surface area contributed by atoms with E-state index in [1.165, 1.54) is 25.7 Å². The molecule has 0 aromatic heterocycles. The van der Waals surface area contributed by atoms with Crippen LogP contribution in [-0.2, 0) is 4.79 Å². The van der Waals surface area contributed by atoms with E-state index in [0.717, 1.165) is 44.9 Å². The maximum absolute atomic E-state index is 12.2. The minimum absolute atomic E-state index is 0.162. The third-order valence-electron chi connectivity index (χ3n) is 11.2. The van der Waals surface area contributed by atoms with Crippen LogP contribution in [0.3, 0.4) is 0 Å². The van der Waals surface area contributed by atoms with Gasteiger partial charge in [-0.05, 0) is 117 Å². The zero-order valence-electron chi connectivity index (χ0n) is 20.0. The normalized spacial score (nSPS) is 50.2. The van der Waals surface area contributed by atoms with Crippen LogP contribution in [0.25, 0.3) is 0 Å². The molecule has 5 unspecified atom stereocenters. The van der Waals surface area contributed by atoms with Crippen molar-refractivity contribution in [3.8, 4) is 0 Å². The number of carbonyl (C=O) groups is 1. The lowest BCUT2D eigenvalue weighted by Gasteiger charge is -2.62. The Balaban J connectivity index is 1.28. The second-order valence-corrected chi connectivity index (χ2v) is 12.8. The van der Waals surface area contributed by atoms with Gasteiger partial charge in [0.2, 0.25) is 5.91 Å². The summed E-state index contributed by atoms with van der Waals surface area (Å²) in [5, 5.41) is 24.8. The van der Waals surface area contributed by atoms with Crippen LogP contribution in [0.15, 0.2) is 0 Å². The third kappa shape index (κ3) is 3.78. The summed E-state index contributed by atoms with van der Waals surface area (Å²) in [6.07, 6.45) is 12.5. The second kappa shape index (κ2) is 8.01. The van der Waals surface area contributed by atoms with E-state index in [2.05, 4.69) is 26.1 Å². The van der Waals surface area contributed by atoms with Gasteiger partial charge in [0, 0.05) is 12.5 Å². The van der Waals surface area contributed by atoms with Crippen LogP contribution >= 0.6 is 0 Å². The molecule has 0 aliphatic heterocycles. The van der Waals surface area contributed by atoms with Crippen molar-refractivity contribution < 1.29 is 15.0 Å². The van der Waals surface area contributed by atoms with Crippen LogP contribution in [0, 0.1) is 46.3 Å². The summed E-state index contributed by atoms with van der Waals surface area (Å²) < 4.78 is 0. The van der Waals surface area contributed by atoms with Crippen molar-refractivity contribution in [1.29, 1.82) is 0 Å². The van der Waals surface area contributed by atoms with Crippen LogP contribution in [0.2, 0.25) is 0 Å². The molecule has 0 bridgehead atoms. The Hall–Kier alpha value is -0.610. The predicted molar refractivity (Wildman–Crippen MR) is 122 cm³/mol. The maximum atomic E-state index is 12.2. The van der Waals surface area contributed by atoms with Gasteiger partial charge >= 0.3 is 0 Å². The van der Waals surface area contributed by atoms with Gasteiger partial charge in [0.05, 0.1) is 12.2 Å². The molecule has 10 atom stereocenters. The highest BCUT2D eigenvalue weighted by Crippen LogP contribution is 2.68. The Morgan fingerprint density at radius 1 is 0.968 bits per heavy atom. The van der Waals surface area contributed by atoms with E-state index in [4.69, 9.17) is 0 Å². The molecule has 0 saturated heterocycles. The first-order valence-corrected chi connectivity index (χ1v) is 13.4. The van der Waals surface area contributed by atoms with E-state index in [1.807, 2.05) is 0 Å². The van der Waals surface area contributed by atoms with Crippen LogP contribution in [-0.4, -0.2) is 34.4 Å². The first kappa shape index (κ1) is 22.2. The van der Waals surface area contributed by atoms with Gasteiger partial charge in [-0.3, -0.25) is 4.79 Å². The first-order valence-electron chi connectivity index (χ1n) is 13.4. The minimum atomic E-state index is -0.198. The molecule has 176 valence electrons. The lowest BCUT2D eigenvalue weighted by molar-refractivity contribution is -0.174. The fourth-order valence-corrected chi connectivity index (χ4v) is 9.26. The molecular formula is C27H45NO3. The summed E-state index contributed by atoms with van der Waals surface area (Å²) in [7, 11) is 0. The van der Waals surface area contributed by atoms with Gasteiger partial charge in [-0.15, -0.1) is 0 Å². The van der Waals surface area contributed by atoms with E-state index in [1.54, 1.807) is 0 Å². The summed E-state index contributed by atoms with van der Waals surface area (Å²) in [5.41, 5.74) is 0.612. The Labute approximate surface area is 188 Å². The van der Waals surface area contributed by atoms with Crippen LogP contribution in [0.5, 0.6) is 0 Å². The van der Waals surface area contributed by atoms with Crippen LogP contribution in [0.4, 0.5) is 0 Å². The molecule has 3 N–H and O–H groups in total. The highest BCUT2D eigenvalue weighted by atomic mass is 16.3. The molecule has 0 spiro atoms. The van der Waals surface area contributed by atoms with E-state index in [9.17, 15) is 15.0 Å². The van der Waals surface area contributed by atoms with E-state index < -0.39 is 0 Å². The van der Waals surface area contributed by atoms with Crippen molar-refractivity contribution in [2.45, 2.75) is 116 Å². The zero-order valence-corrected chi connectivity index (χ0v) is 20.0. The number of fused-ring (bicyclic) bond motifs is 5. The van der Waals surface area contributed by atoms with E-state index in [-0.39, 0.29) is 18.1 Å². The van der Waals surface area contributed by atoms with Crippen molar-refractivity contribution in [2.24, 2.45) is 46.3 Å². The van der Waals surface area contributed by atoms with Crippen molar-refractivity contribution in [1.82, 2.24) is 5.32 Å². The largest absolute Gasteiger partial charge is 0.393 e. The van der Waals surface area contributed by atoms with Gasteiger partial charge in [-0.1, -0.05) is 20.8 Å². The highest BCUT2D eigenvalue weighted by Gasteiger charge is 2.62. The Kier molecular flexibility index (Phi) is 5.73. The molecule has 5 aliphatic rings. The number of carbonyl (C=O) groups excluding carboxylic acids is 1. The van der Waals surface area contributed by atoms with E-state index in [0.29, 0.717) is 58.8 Å². The van der Waals surface area contributed by atoms with Gasteiger partial charge in [-0.25, -0.2) is 0 Å². The molecule has 1 amide bonds. The molecule has 4 heteroatoms. The summed E-state index contributed by atoms with van der Waals surface area (Å²) in [6, 6.07) is 0.463. The van der Waals surface area contributed by atoms with Crippen LogP contribution in [0.1, 0.15) is 97.8 Å². The molecule has 31 heavy (non-hydrogen) atoms. The Bertz CT molecular complexity index is 692. The molecule has 0 aromatic rings. The monoisotopic (exact) mass is 431 g/mol. The number of amides is 1. The van der Waals surface area contributed by atoms with Gasteiger partial charge in [0.15, 0.2) is 0 Å². The summed E-state index contributed by atoms with van der Waals surface area (Å²) in [5.74, 6) is 3.66. The lowest BCUT2D eigenvalue weighted by atomic mass is 9.43. The number of hydrogen-bond acceptors (Lipinski definition) is 3. The number of rotatable bonds is 5. The molecule has 4 nitrogen and oxygen atoms in total. The van der Waals surface area contributed by atoms with Crippen LogP contribution < -0.4 is 5.32 Å². The fourth-order valence-electron chi connectivity index (χ4n) is 9.26. The van der Waals surface area contributed by atoms with Crippen molar-refractivity contribution >= 4 is 5.91 Å². The van der Waals surface area contributed by atoms with E-state index >= 15 is 0 Å². The zero-order chi connectivity index (χ0) is 22.0. The van der Waals surface area contributed by atoms with Crippen molar-refractivity contribution in [3.63, 3.8) is 0 Å². The van der Waals surface area contributed by atoms with Gasteiger partial charge in [-0.2, -0.15) is 0 Å². The topological polar surface area (TPSA) is 69.6 Å². The molecule has 5 rings (SSSR count). The summed E-state index contributed by atoms with van der Waals surface area (Å²) >= 11 is 0. The Morgan fingerprint density at radius 3 is 2.42 bits per heavy atom. The van der Waals surface area contributed by atoms with Crippen molar-refractivity contribution in [2.75, 3.05) is 0 Å². The molecule has 5 aliphatic carbocycles. The fraction of sp³-hybridized carbons (Fsp3) is 0.963. The smallest absolute Gasteiger partial charge is 0.220 e. The molecule has 0 heterocycles. The average molecular weight is 432 g/mol. The summed E-state index contributed by atoms with van der Waals surface area (Å²) in [4.78, 5) is 12.2. The van der Waals surface area contributed by atoms with Gasteiger partial charge < -0.3 is 15.5 Å². The quantitative estimate of drug-likeness (QED) is 0.592.